The zero-order valence-electron chi connectivity index (χ0n) is 12.1. The number of aromatic nitrogens is 1. The average Bonchev–Trinajstić information content (AvgIpc) is 3.23. The Morgan fingerprint density at radius 1 is 1.53 bits per heavy atom. The fraction of sp³-hybridized carbons (Fsp3) is 0.600. The predicted octanol–water partition coefficient (Wildman–Crippen LogP) is 2.23. The normalized spacial score (nSPS) is 17.6. The van der Waals surface area contributed by atoms with Crippen molar-refractivity contribution in [1.29, 1.82) is 0 Å². The Bertz CT molecular complexity index is 423. The molecule has 1 unspecified atom stereocenters. The third-order valence-electron chi connectivity index (χ3n) is 3.82. The minimum atomic E-state index is 0.375. The van der Waals surface area contributed by atoms with Gasteiger partial charge in [0.15, 0.2) is 5.96 Å². The smallest absolute Gasteiger partial charge is 0.191 e. The maximum absolute atomic E-state index is 6.04. The zero-order valence-corrected chi connectivity index (χ0v) is 12.1. The van der Waals surface area contributed by atoms with Crippen molar-refractivity contribution in [3.05, 3.63) is 30.1 Å². The summed E-state index contributed by atoms with van der Waals surface area (Å²) in [5.41, 5.74) is 7.28. The lowest BCUT2D eigenvalue weighted by Crippen LogP contribution is -2.36. The molecule has 4 heteroatoms. The summed E-state index contributed by atoms with van der Waals surface area (Å²) in [4.78, 5) is 10.9. The molecule has 1 fully saturated rings. The molecule has 0 aliphatic heterocycles. The van der Waals surface area contributed by atoms with E-state index in [1.807, 2.05) is 19.3 Å². The SMILES string of the molecule is CC(C)C(CN=C(N)N(C)C1CC1)c1cccnc1. The van der Waals surface area contributed by atoms with E-state index in [2.05, 4.69) is 34.8 Å². The van der Waals surface area contributed by atoms with Crippen molar-refractivity contribution < 1.29 is 0 Å². The molecule has 0 amide bonds. The number of nitrogens with two attached hydrogens (primary N) is 1. The molecule has 0 spiro atoms. The molecule has 1 aliphatic rings. The van der Waals surface area contributed by atoms with E-state index in [1.165, 1.54) is 18.4 Å². The van der Waals surface area contributed by atoms with Crippen LogP contribution in [0.5, 0.6) is 0 Å². The van der Waals surface area contributed by atoms with Gasteiger partial charge in [0, 0.05) is 37.9 Å². The van der Waals surface area contributed by atoms with Crippen molar-refractivity contribution in [3.8, 4) is 0 Å². The van der Waals surface area contributed by atoms with E-state index in [0.29, 0.717) is 23.8 Å². The molecule has 104 valence electrons. The van der Waals surface area contributed by atoms with E-state index in [4.69, 9.17) is 5.73 Å². The highest BCUT2D eigenvalue weighted by Gasteiger charge is 2.27. The maximum Gasteiger partial charge on any atom is 0.191 e. The Labute approximate surface area is 115 Å². The van der Waals surface area contributed by atoms with Gasteiger partial charge in [-0.1, -0.05) is 19.9 Å². The summed E-state index contributed by atoms with van der Waals surface area (Å²) >= 11 is 0. The van der Waals surface area contributed by atoms with Gasteiger partial charge in [-0.2, -0.15) is 0 Å². The number of nitrogens with zero attached hydrogens (tertiary/aromatic N) is 3. The summed E-state index contributed by atoms with van der Waals surface area (Å²) in [5, 5.41) is 0. The molecule has 0 aromatic carbocycles. The van der Waals surface area contributed by atoms with Crippen molar-refractivity contribution in [3.63, 3.8) is 0 Å². The van der Waals surface area contributed by atoms with Crippen molar-refractivity contribution in [1.82, 2.24) is 9.88 Å². The molecule has 19 heavy (non-hydrogen) atoms. The highest BCUT2D eigenvalue weighted by molar-refractivity contribution is 5.78. The first kappa shape index (κ1) is 13.8. The summed E-state index contributed by atoms with van der Waals surface area (Å²) < 4.78 is 0. The Morgan fingerprint density at radius 3 is 2.79 bits per heavy atom. The van der Waals surface area contributed by atoms with E-state index >= 15 is 0 Å². The van der Waals surface area contributed by atoms with Crippen molar-refractivity contribution >= 4 is 5.96 Å². The third kappa shape index (κ3) is 3.69. The Hall–Kier alpha value is -1.58. The highest BCUT2D eigenvalue weighted by Crippen LogP contribution is 2.26. The molecule has 0 radical (unpaired) electrons. The number of guanidine groups is 1. The van der Waals surface area contributed by atoms with Gasteiger partial charge in [-0.05, 0) is 30.4 Å². The van der Waals surface area contributed by atoms with Crippen LogP contribution in [0.25, 0.3) is 0 Å². The van der Waals surface area contributed by atoms with Gasteiger partial charge >= 0.3 is 0 Å². The summed E-state index contributed by atoms with van der Waals surface area (Å²) in [6, 6.07) is 4.71. The van der Waals surface area contributed by atoms with Crippen molar-refractivity contribution in [2.24, 2.45) is 16.6 Å². The first-order valence-corrected chi connectivity index (χ1v) is 7.02. The summed E-state index contributed by atoms with van der Waals surface area (Å²) in [5.74, 6) is 1.56. The van der Waals surface area contributed by atoms with Crippen LogP contribution in [0.3, 0.4) is 0 Å². The first-order chi connectivity index (χ1) is 9.09. The molecule has 1 saturated carbocycles. The van der Waals surface area contributed by atoms with Gasteiger partial charge in [-0.3, -0.25) is 9.98 Å². The molecule has 4 nitrogen and oxygen atoms in total. The molecule has 2 N–H and O–H groups in total. The number of pyridine rings is 1. The van der Waals surface area contributed by atoms with Crippen LogP contribution in [0.15, 0.2) is 29.5 Å². The van der Waals surface area contributed by atoms with Crippen LogP contribution in [0.1, 0.15) is 38.2 Å². The molecule has 1 aliphatic carbocycles. The van der Waals surface area contributed by atoms with Crippen LogP contribution in [-0.4, -0.2) is 35.5 Å². The molecular weight excluding hydrogens is 236 g/mol. The summed E-state index contributed by atoms with van der Waals surface area (Å²) in [6.07, 6.45) is 6.21. The Morgan fingerprint density at radius 2 is 2.26 bits per heavy atom. The van der Waals surface area contributed by atoms with Gasteiger partial charge in [-0.25, -0.2) is 0 Å². The van der Waals surface area contributed by atoms with Crippen LogP contribution in [0, 0.1) is 5.92 Å². The molecular formula is C15H24N4. The van der Waals surface area contributed by atoms with Gasteiger partial charge in [-0.15, -0.1) is 0 Å². The fourth-order valence-corrected chi connectivity index (χ4v) is 2.25. The summed E-state index contributed by atoms with van der Waals surface area (Å²) in [6.45, 7) is 5.16. The van der Waals surface area contributed by atoms with E-state index in [9.17, 15) is 0 Å². The lowest BCUT2D eigenvalue weighted by molar-refractivity contribution is 0.473. The second-order valence-electron chi connectivity index (χ2n) is 5.68. The quantitative estimate of drug-likeness (QED) is 0.652. The number of hydrogen-bond donors (Lipinski definition) is 1. The molecule has 0 saturated heterocycles. The lowest BCUT2D eigenvalue weighted by Gasteiger charge is -2.21. The molecule has 1 aromatic heterocycles. The largest absolute Gasteiger partial charge is 0.370 e. The van der Waals surface area contributed by atoms with Gasteiger partial charge in [0.2, 0.25) is 0 Å². The molecule has 2 rings (SSSR count). The molecule has 1 atom stereocenters. The highest BCUT2D eigenvalue weighted by atomic mass is 15.3. The van der Waals surface area contributed by atoms with Crippen molar-refractivity contribution in [2.45, 2.75) is 38.6 Å². The second-order valence-corrected chi connectivity index (χ2v) is 5.68. The Balaban J connectivity index is 2.03. The second kappa shape index (κ2) is 6.04. The standard InChI is InChI=1S/C15H24N4/c1-11(2)14(12-5-4-8-17-9-12)10-18-15(16)19(3)13-6-7-13/h4-5,8-9,11,13-14H,6-7,10H2,1-3H3,(H2,16,18). The van der Waals surface area contributed by atoms with E-state index in [1.54, 1.807) is 6.20 Å². The number of hydrogen-bond acceptors (Lipinski definition) is 2. The zero-order chi connectivity index (χ0) is 13.8. The topological polar surface area (TPSA) is 54.5 Å². The fourth-order valence-electron chi connectivity index (χ4n) is 2.25. The van der Waals surface area contributed by atoms with Crippen molar-refractivity contribution in [2.75, 3.05) is 13.6 Å². The Kier molecular flexibility index (Phi) is 4.40. The van der Waals surface area contributed by atoms with Gasteiger partial charge in [0.1, 0.15) is 0 Å². The average molecular weight is 260 g/mol. The minimum Gasteiger partial charge on any atom is -0.370 e. The minimum absolute atomic E-state index is 0.375. The number of aliphatic imine (C=N–C) groups is 1. The third-order valence-corrected chi connectivity index (χ3v) is 3.82. The lowest BCUT2D eigenvalue weighted by atomic mass is 9.89. The molecule has 1 aromatic rings. The molecule has 0 bridgehead atoms. The van der Waals surface area contributed by atoms with Crippen LogP contribution < -0.4 is 5.73 Å². The van der Waals surface area contributed by atoms with Crippen LogP contribution >= 0.6 is 0 Å². The summed E-state index contributed by atoms with van der Waals surface area (Å²) in [7, 11) is 2.03. The van der Waals surface area contributed by atoms with E-state index < -0.39 is 0 Å². The van der Waals surface area contributed by atoms with Crippen LogP contribution in [-0.2, 0) is 0 Å². The van der Waals surface area contributed by atoms with E-state index in [0.717, 1.165) is 6.54 Å². The van der Waals surface area contributed by atoms with E-state index in [-0.39, 0.29) is 0 Å². The first-order valence-electron chi connectivity index (χ1n) is 7.02. The van der Waals surface area contributed by atoms with Crippen LogP contribution in [0.2, 0.25) is 0 Å². The predicted molar refractivity (Wildman–Crippen MR) is 79.1 cm³/mol. The van der Waals surface area contributed by atoms with Gasteiger partial charge in [0.05, 0.1) is 0 Å². The monoisotopic (exact) mass is 260 g/mol. The number of rotatable bonds is 5. The van der Waals surface area contributed by atoms with Gasteiger partial charge < -0.3 is 10.6 Å². The maximum atomic E-state index is 6.04. The molecule has 1 heterocycles. The van der Waals surface area contributed by atoms with Crippen LogP contribution in [0.4, 0.5) is 0 Å². The van der Waals surface area contributed by atoms with Gasteiger partial charge in [0.25, 0.3) is 0 Å².